The molecule has 0 saturated heterocycles. The molecule has 0 unspecified atom stereocenters. The standard InChI is InChI=1S/C8H10N2O3/c11-4-3-10-7-5-9-2-1-6(7)8(12)13/h1-2,5,10-11H,3-4H2,(H,12,13). The third-order valence-electron chi connectivity index (χ3n) is 1.48. The van der Waals surface area contributed by atoms with E-state index in [0.29, 0.717) is 12.2 Å². The molecule has 0 spiro atoms. The summed E-state index contributed by atoms with van der Waals surface area (Å²) in [4.78, 5) is 14.4. The maximum atomic E-state index is 10.7. The van der Waals surface area contributed by atoms with Crippen LogP contribution in [0.15, 0.2) is 18.5 Å². The SMILES string of the molecule is O=C(O)c1ccncc1NCCO. The smallest absolute Gasteiger partial charge is 0.337 e. The molecule has 1 aromatic rings. The van der Waals surface area contributed by atoms with E-state index < -0.39 is 5.97 Å². The zero-order valence-electron chi connectivity index (χ0n) is 6.90. The largest absolute Gasteiger partial charge is 0.478 e. The minimum absolute atomic E-state index is 0.0477. The number of hydrogen-bond donors (Lipinski definition) is 3. The molecule has 0 aliphatic carbocycles. The number of anilines is 1. The summed E-state index contributed by atoms with van der Waals surface area (Å²) in [5, 5.41) is 20.0. The molecule has 0 amide bonds. The van der Waals surface area contributed by atoms with Crippen molar-refractivity contribution in [3.63, 3.8) is 0 Å². The Morgan fingerprint density at radius 2 is 2.38 bits per heavy atom. The van der Waals surface area contributed by atoms with Crippen LogP contribution in [0.3, 0.4) is 0 Å². The van der Waals surface area contributed by atoms with Crippen molar-refractivity contribution in [1.82, 2.24) is 4.98 Å². The van der Waals surface area contributed by atoms with Crippen molar-refractivity contribution in [3.8, 4) is 0 Å². The van der Waals surface area contributed by atoms with Gasteiger partial charge in [-0.3, -0.25) is 4.98 Å². The van der Waals surface area contributed by atoms with Crippen molar-refractivity contribution in [2.75, 3.05) is 18.5 Å². The second-order valence-electron chi connectivity index (χ2n) is 2.38. The van der Waals surface area contributed by atoms with Crippen LogP contribution in [0.2, 0.25) is 0 Å². The Bertz CT molecular complexity index is 301. The highest BCUT2D eigenvalue weighted by molar-refractivity contribution is 5.93. The van der Waals surface area contributed by atoms with E-state index in [4.69, 9.17) is 10.2 Å². The van der Waals surface area contributed by atoms with Gasteiger partial charge in [0.05, 0.1) is 24.1 Å². The molecule has 0 aromatic carbocycles. The Labute approximate surface area is 75.0 Å². The molecule has 70 valence electrons. The molecule has 1 heterocycles. The molecule has 0 atom stereocenters. The number of nitrogens with one attached hydrogen (secondary N) is 1. The predicted molar refractivity (Wildman–Crippen MR) is 46.8 cm³/mol. The van der Waals surface area contributed by atoms with Crippen molar-refractivity contribution < 1.29 is 15.0 Å². The second kappa shape index (κ2) is 4.42. The number of carboxylic acid groups (broad SMARTS) is 1. The normalized spacial score (nSPS) is 9.62. The molecule has 5 heteroatoms. The highest BCUT2D eigenvalue weighted by Crippen LogP contribution is 2.12. The van der Waals surface area contributed by atoms with Gasteiger partial charge in [-0.1, -0.05) is 0 Å². The first-order valence-corrected chi connectivity index (χ1v) is 3.77. The quantitative estimate of drug-likeness (QED) is 0.619. The van der Waals surface area contributed by atoms with Crippen LogP contribution in [0, 0.1) is 0 Å². The van der Waals surface area contributed by atoms with E-state index in [9.17, 15) is 4.79 Å². The van der Waals surface area contributed by atoms with Crippen LogP contribution in [0.4, 0.5) is 5.69 Å². The fourth-order valence-corrected chi connectivity index (χ4v) is 0.912. The molecule has 5 nitrogen and oxygen atoms in total. The average molecular weight is 182 g/mol. The molecular weight excluding hydrogens is 172 g/mol. The number of aromatic carboxylic acids is 1. The average Bonchev–Trinajstić information content (AvgIpc) is 2.15. The summed E-state index contributed by atoms with van der Waals surface area (Å²) in [7, 11) is 0. The van der Waals surface area contributed by atoms with Gasteiger partial charge in [-0.2, -0.15) is 0 Å². The predicted octanol–water partition coefficient (Wildman–Crippen LogP) is 0.184. The summed E-state index contributed by atoms with van der Waals surface area (Å²) in [6.45, 7) is 0.264. The zero-order valence-corrected chi connectivity index (χ0v) is 6.90. The fraction of sp³-hybridized carbons (Fsp3) is 0.250. The minimum Gasteiger partial charge on any atom is -0.478 e. The zero-order chi connectivity index (χ0) is 9.68. The Hall–Kier alpha value is -1.62. The molecule has 0 aliphatic rings. The summed E-state index contributed by atoms with van der Waals surface area (Å²) >= 11 is 0. The molecule has 0 bridgehead atoms. The molecular formula is C8H10N2O3. The van der Waals surface area contributed by atoms with Crippen LogP contribution >= 0.6 is 0 Å². The number of carbonyl (C=O) groups is 1. The van der Waals surface area contributed by atoms with Gasteiger partial charge < -0.3 is 15.5 Å². The first-order chi connectivity index (χ1) is 6.25. The number of aliphatic hydroxyl groups excluding tert-OH is 1. The van der Waals surface area contributed by atoms with Crippen LogP contribution in [0.5, 0.6) is 0 Å². The van der Waals surface area contributed by atoms with E-state index in [0.717, 1.165) is 0 Å². The number of aliphatic hydroxyl groups is 1. The van der Waals surface area contributed by atoms with Crippen molar-refractivity contribution >= 4 is 11.7 Å². The van der Waals surface area contributed by atoms with Crippen molar-refractivity contribution in [3.05, 3.63) is 24.0 Å². The third kappa shape index (κ3) is 2.41. The lowest BCUT2D eigenvalue weighted by Crippen LogP contribution is -2.10. The van der Waals surface area contributed by atoms with Gasteiger partial charge in [-0.15, -0.1) is 0 Å². The number of carboxylic acids is 1. The van der Waals surface area contributed by atoms with E-state index in [2.05, 4.69) is 10.3 Å². The Morgan fingerprint density at radius 1 is 1.62 bits per heavy atom. The highest BCUT2D eigenvalue weighted by Gasteiger charge is 2.07. The summed E-state index contributed by atoms with van der Waals surface area (Å²) in [6.07, 6.45) is 2.83. The maximum absolute atomic E-state index is 10.7. The van der Waals surface area contributed by atoms with Gasteiger partial charge in [0, 0.05) is 12.7 Å². The van der Waals surface area contributed by atoms with Gasteiger partial charge in [0.25, 0.3) is 0 Å². The number of aromatic nitrogens is 1. The molecule has 0 aliphatic heterocycles. The lowest BCUT2D eigenvalue weighted by Gasteiger charge is -2.06. The lowest BCUT2D eigenvalue weighted by molar-refractivity contribution is 0.0697. The van der Waals surface area contributed by atoms with E-state index >= 15 is 0 Å². The lowest BCUT2D eigenvalue weighted by atomic mass is 10.2. The number of pyridine rings is 1. The molecule has 13 heavy (non-hydrogen) atoms. The minimum atomic E-state index is -1.01. The number of hydrogen-bond acceptors (Lipinski definition) is 4. The fourth-order valence-electron chi connectivity index (χ4n) is 0.912. The van der Waals surface area contributed by atoms with E-state index in [1.54, 1.807) is 0 Å². The van der Waals surface area contributed by atoms with E-state index in [1.165, 1.54) is 18.5 Å². The van der Waals surface area contributed by atoms with E-state index in [-0.39, 0.29) is 12.2 Å². The number of nitrogens with zero attached hydrogens (tertiary/aromatic N) is 1. The van der Waals surface area contributed by atoms with Crippen LogP contribution in [-0.4, -0.2) is 34.3 Å². The Kier molecular flexibility index (Phi) is 3.22. The topological polar surface area (TPSA) is 82.5 Å². The molecule has 0 radical (unpaired) electrons. The number of rotatable bonds is 4. The van der Waals surface area contributed by atoms with Crippen LogP contribution in [-0.2, 0) is 0 Å². The van der Waals surface area contributed by atoms with Crippen LogP contribution in [0.1, 0.15) is 10.4 Å². The molecule has 3 N–H and O–H groups in total. The molecule has 1 rings (SSSR count). The van der Waals surface area contributed by atoms with Gasteiger partial charge in [-0.25, -0.2) is 4.79 Å². The molecule has 1 aromatic heterocycles. The van der Waals surface area contributed by atoms with Crippen LogP contribution in [0.25, 0.3) is 0 Å². The van der Waals surface area contributed by atoms with Gasteiger partial charge >= 0.3 is 5.97 Å². The first-order valence-electron chi connectivity index (χ1n) is 3.77. The summed E-state index contributed by atoms with van der Waals surface area (Å²) in [5.74, 6) is -1.01. The Morgan fingerprint density at radius 3 is 3.00 bits per heavy atom. The van der Waals surface area contributed by atoms with Gasteiger partial charge in [0.15, 0.2) is 0 Å². The summed E-state index contributed by atoms with van der Waals surface area (Å²) in [6, 6.07) is 1.40. The summed E-state index contributed by atoms with van der Waals surface area (Å²) in [5.41, 5.74) is 0.576. The monoisotopic (exact) mass is 182 g/mol. The van der Waals surface area contributed by atoms with Crippen molar-refractivity contribution in [1.29, 1.82) is 0 Å². The maximum Gasteiger partial charge on any atom is 0.337 e. The van der Waals surface area contributed by atoms with Crippen molar-refractivity contribution in [2.45, 2.75) is 0 Å². The van der Waals surface area contributed by atoms with E-state index in [1.807, 2.05) is 0 Å². The van der Waals surface area contributed by atoms with Gasteiger partial charge in [0.2, 0.25) is 0 Å². The van der Waals surface area contributed by atoms with Crippen molar-refractivity contribution in [2.24, 2.45) is 0 Å². The van der Waals surface area contributed by atoms with Gasteiger partial charge in [-0.05, 0) is 6.07 Å². The highest BCUT2D eigenvalue weighted by atomic mass is 16.4. The molecule has 0 saturated carbocycles. The molecule has 0 fully saturated rings. The van der Waals surface area contributed by atoms with Gasteiger partial charge in [0.1, 0.15) is 0 Å². The Balaban J connectivity index is 2.84. The second-order valence-corrected chi connectivity index (χ2v) is 2.38. The first kappa shape index (κ1) is 9.47. The third-order valence-corrected chi connectivity index (χ3v) is 1.48. The van der Waals surface area contributed by atoms with Crippen LogP contribution < -0.4 is 5.32 Å². The summed E-state index contributed by atoms with van der Waals surface area (Å²) < 4.78 is 0.